The number of carbonyl (C=O) groups is 1. The number of ether oxygens (including phenoxy) is 1. The lowest BCUT2D eigenvalue weighted by Crippen LogP contribution is -2.38. The molecule has 20 heavy (non-hydrogen) atoms. The Kier molecular flexibility index (Phi) is 3.00. The minimum Gasteiger partial charge on any atom is -0.497 e. The second-order valence-corrected chi connectivity index (χ2v) is 5.16. The monoisotopic (exact) mass is 274 g/mol. The first-order valence-electron chi connectivity index (χ1n) is 6.65. The van der Waals surface area contributed by atoms with E-state index in [2.05, 4.69) is 4.98 Å². The van der Waals surface area contributed by atoms with Gasteiger partial charge in [-0.25, -0.2) is 4.98 Å². The van der Waals surface area contributed by atoms with E-state index in [0.717, 1.165) is 23.2 Å². The number of anilines is 1. The number of likely N-dealkylation sites (N-methyl/N-ethyl adjacent to an activating group) is 1. The van der Waals surface area contributed by atoms with Gasteiger partial charge in [0.1, 0.15) is 5.75 Å². The van der Waals surface area contributed by atoms with Crippen LogP contribution in [-0.4, -0.2) is 41.1 Å². The number of rotatable bonds is 2. The predicted molar refractivity (Wildman–Crippen MR) is 76.6 cm³/mol. The van der Waals surface area contributed by atoms with E-state index in [9.17, 15) is 4.79 Å². The summed E-state index contributed by atoms with van der Waals surface area (Å²) in [4.78, 5) is 17.7. The van der Waals surface area contributed by atoms with E-state index in [4.69, 9.17) is 10.5 Å². The molecular formula is C14H18N4O2. The number of nitrogens with zero attached hydrogens (tertiary/aromatic N) is 3. The third-order valence-electron chi connectivity index (χ3n) is 3.89. The second kappa shape index (κ2) is 4.70. The Hall–Kier alpha value is -2.24. The number of fused-ring (bicyclic) bond motifs is 1. The molecule has 1 unspecified atom stereocenters. The lowest BCUT2D eigenvalue weighted by atomic mass is 10.1. The number of piperidine rings is 1. The lowest BCUT2D eigenvalue weighted by Gasteiger charge is -2.31. The molecule has 0 spiro atoms. The number of imidazole rings is 1. The van der Waals surface area contributed by atoms with Gasteiger partial charge in [-0.3, -0.25) is 4.79 Å². The molecule has 2 aromatic rings. The van der Waals surface area contributed by atoms with E-state index in [1.54, 1.807) is 12.0 Å². The van der Waals surface area contributed by atoms with Crippen LogP contribution in [0, 0.1) is 0 Å². The van der Waals surface area contributed by atoms with Gasteiger partial charge in [0.2, 0.25) is 11.9 Å². The van der Waals surface area contributed by atoms with Gasteiger partial charge in [0.05, 0.1) is 24.2 Å². The van der Waals surface area contributed by atoms with Crippen LogP contribution < -0.4 is 10.5 Å². The highest BCUT2D eigenvalue weighted by Gasteiger charge is 2.26. The van der Waals surface area contributed by atoms with Gasteiger partial charge in [-0.1, -0.05) is 0 Å². The summed E-state index contributed by atoms with van der Waals surface area (Å²) in [6.07, 6.45) is 1.35. The number of nitrogen functional groups attached to an aromatic ring is 1. The van der Waals surface area contributed by atoms with Crippen molar-refractivity contribution in [1.82, 2.24) is 14.5 Å². The Labute approximate surface area is 117 Å². The van der Waals surface area contributed by atoms with Crippen molar-refractivity contribution in [1.29, 1.82) is 0 Å². The number of methoxy groups -OCH3 is 1. The van der Waals surface area contributed by atoms with Crippen LogP contribution in [0.2, 0.25) is 0 Å². The zero-order chi connectivity index (χ0) is 14.3. The highest BCUT2D eigenvalue weighted by Crippen LogP contribution is 2.30. The second-order valence-electron chi connectivity index (χ2n) is 5.16. The molecule has 1 saturated heterocycles. The summed E-state index contributed by atoms with van der Waals surface area (Å²) in [7, 11) is 3.45. The highest BCUT2D eigenvalue weighted by atomic mass is 16.5. The zero-order valence-corrected chi connectivity index (χ0v) is 11.7. The Morgan fingerprint density at radius 3 is 2.95 bits per heavy atom. The van der Waals surface area contributed by atoms with Crippen molar-refractivity contribution < 1.29 is 9.53 Å². The number of likely N-dealkylation sites (tertiary alicyclic amines) is 1. The molecule has 1 aliphatic rings. The quantitative estimate of drug-likeness (QED) is 0.899. The molecule has 1 aromatic carbocycles. The smallest absolute Gasteiger partial charge is 0.222 e. The Morgan fingerprint density at radius 1 is 1.45 bits per heavy atom. The number of amides is 1. The van der Waals surface area contributed by atoms with Crippen molar-refractivity contribution in [3.63, 3.8) is 0 Å². The van der Waals surface area contributed by atoms with Crippen LogP contribution in [0.15, 0.2) is 18.2 Å². The molecule has 6 heteroatoms. The molecule has 6 nitrogen and oxygen atoms in total. The predicted octanol–water partition coefficient (Wildman–Crippen LogP) is 1.42. The maximum Gasteiger partial charge on any atom is 0.222 e. The van der Waals surface area contributed by atoms with Gasteiger partial charge in [0.25, 0.3) is 0 Å². The zero-order valence-electron chi connectivity index (χ0n) is 11.7. The van der Waals surface area contributed by atoms with Gasteiger partial charge in [-0.05, 0) is 18.6 Å². The van der Waals surface area contributed by atoms with Gasteiger partial charge in [0, 0.05) is 26.1 Å². The maximum absolute atomic E-state index is 11.6. The fraction of sp³-hybridized carbons (Fsp3) is 0.429. The van der Waals surface area contributed by atoms with Gasteiger partial charge in [0.15, 0.2) is 0 Å². The fourth-order valence-corrected chi connectivity index (χ4v) is 2.81. The number of aromatic nitrogens is 2. The van der Waals surface area contributed by atoms with Crippen molar-refractivity contribution in [3.8, 4) is 5.75 Å². The number of nitrogens with two attached hydrogens (primary N) is 1. The van der Waals surface area contributed by atoms with Gasteiger partial charge in [-0.15, -0.1) is 0 Å². The topological polar surface area (TPSA) is 73.4 Å². The van der Waals surface area contributed by atoms with E-state index in [1.807, 2.05) is 29.8 Å². The van der Waals surface area contributed by atoms with Crippen molar-refractivity contribution in [2.45, 2.75) is 18.9 Å². The number of carbonyl (C=O) groups excluding carboxylic acids is 1. The summed E-state index contributed by atoms with van der Waals surface area (Å²) in [6, 6.07) is 5.92. The van der Waals surface area contributed by atoms with Crippen LogP contribution in [0.1, 0.15) is 18.9 Å². The summed E-state index contributed by atoms with van der Waals surface area (Å²) in [6.45, 7) is 0.667. The van der Waals surface area contributed by atoms with Crippen molar-refractivity contribution in [2.24, 2.45) is 0 Å². The van der Waals surface area contributed by atoms with Crippen LogP contribution in [0.3, 0.4) is 0 Å². The molecule has 1 atom stereocenters. The molecular weight excluding hydrogens is 256 g/mol. The van der Waals surface area contributed by atoms with Crippen LogP contribution in [0.5, 0.6) is 5.75 Å². The minimum absolute atomic E-state index is 0.177. The third kappa shape index (κ3) is 1.97. The van der Waals surface area contributed by atoms with Crippen LogP contribution in [-0.2, 0) is 4.79 Å². The van der Waals surface area contributed by atoms with E-state index in [1.165, 1.54) is 0 Å². The molecule has 0 bridgehead atoms. The molecule has 0 saturated carbocycles. The molecule has 2 heterocycles. The van der Waals surface area contributed by atoms with Crippen molar-refractivity contribution in [2.75, 3.05) is 26.4 Å². The summed E-state index contributed by atoms with van der Waals surface area (Å²) in [5.74, 6) is 1.44. The third-order valence-corrected chi connectivity index (χ3v) is 3.89. The molecule has 1 aromatic heterocycles. The molecule has 1 fully saturated rings. The Bertz CT molecular complexity index is 664. The van der Waals surface area contributed by atoms with Gasteiger partial charge in [-0.2, -0.15) is 0 Å². The minimum atomic E-state index is 0.177. The number of benzene rings is 1. The van der Waals surface area contributed by atoms with Crippen LogP contribution >= 0.6 is 0 Å². The first kappa shape index (κ1) is 12.8. The largest absolute Gasteiger partial charge is 0.497 e. The standard InChI is InChI=1S/C14H18N4O2/c1-17-8-9(3-6-13(17)19)18-12-5-4-10(20-2)7-11(12)16-14(18)15/h4-5,7,9H,3,6,8H2,1-2H3,(H2,15,16). The molecule has 3 rings (SSSR count). The summed E-state index contributed by atoms with van der Waals surface area (Å²) < 4.78 is 7.23. The first-order chi connectivity index (χ1) is 9.60. The molecule has 0 radical (unpaired) electrons. The normalized spacial score (nSPS) is 19.6. The van der Waals surface area contributed by atoms with Crippen LogP contribution in [0.25, 0.3) is 11.0 Å². The maximum atomic E-state index is 11.6. The van der Waals surface area contributed by atoms with E-state index in [0.29, 0.717) is 18.9 Å². The van der Waals surface area contributed by atoms with E-state index in [-0.39, 0.29) is 11.9 Å². The van der Waals surface area contributed by atoms with Crippen LogP contribution in [0.4, 0.5) is 5.95 Å². The molecule has 0 aliphatic carbocycles. The fourth-order valence-electron chi connectivity index (χ4n) is 2.81. The molecule has 1 aliphatic heterocycles. The highest BCUT2D eigenvalue weighted by molar-refractivity contribution is 5.81. The first-order valence-corrected chi connectivity index (χ1v) is 6.65. The SMILES string of the molecule is COc1ccc2c(c1)nc(N)n2C1CCC(=O)N(C)C1. The number of hydrogen-bond acceptors (Lipinski definition) is 4. The summed E-state index contributed by atoms with van der Waals surface area (Å²) >= 11 is 0. The molecule has 1 amide bonds. The van der Waals surface area contributed by atoms with Gasteiger partial charge >= 0.3 is 0 Å². The average molecular weight is 274 g/mol. The van der Waals surface area contributed by atoms with Gasteiger partial charge < -0.3 is 19.9 Å². The Morgan fingerprint density at radius 2 is 2.25 bits per heavy atom. The lowest BCUT2D eigenvalue weighted by molar-refractivity contribution is -0.132. The summed E-state index contributed by atoms with van der Waals surface area (Å²) in [5, 5.41) is 0. The molecule has 106 valence electrons. The summed E-state index contributed by atoms with van der Waals surface area (Å²) in [5.41, 5.74) is 7.87. The Balaban J connectivity index is 2.03. The molecule has 2 N–H and O–H groups in total. The van der Waals surface area contributed by atoms with E-state index < -0.39 is 0 Å². The number of hydrogen-bond donors (Lipinski definition) is 1. The van der Waals surface area contributed by atoms with Crippen molar-refractivity contribution in [3.05, 3.63) is 18.2 Å². The average Bonchev–Trinajstić information content (AvgIpc) is 2.76. The van der Waals surface area contributed by atoms with Crippen molar-refractivity contribution >= 4 is 22.9 Å². The van der Waals surface area contributed by atoms with E-state index >= 15 is 0 Å².